The van der Waals surface area contributed by atoms with Gasteiger partial charge in [-0.15, -0.1) is 21.5 Å². The quantitative estimate of drug-likeness (QED) is 0.559. The second kappa shape index (κ2) is 9.45. The van der Waals surface area contributed by atoms with E-state index in [-0.39, 0.29) is 12.5 Å². The Hall–Kier alpha value is -2.96. The zero-order valence-electron chi connectivity index (χ0n) is 17.7. The van der Waals surface area contributed by atoms with Gasteiger partial charge in [0.05, 0.1) is 24.9 Å². The molecule has 31 heavy (non-hydrogen) atoms. The molecule has 1 N–H and O–H groups in total. The monoisotopic (exact) mass is 439 g/mol. The van der Waals surface area contributed by atoms with E-state index in [9.17, 15) is 10.1 Å². The Morgan fingerprint density at radius 1 is 1.45 bits per heavy atom. The molecule has 0 aromatic carbocycles. The van der Waals surface area contributed by atoms with E-state index in [1.165, 1.54) is 4.88 Å². The van der Waals surface area contributed by atoms with Crippen LogP contribution in [-0.4, -0.2) is 34.1 Å². The summed E-state index contributed by atoms with van der Waals surface area (Å²) in [4.78, 5) is 16.0. The molecule has 0 saturated carbocycles. The number of fused-ring (bicyclic) bond motifs is 1. The molecule has 0 fully saturated rings. The number of anilines is 1. The summed E-state index contributed by atoms with van der Waals surface area (Å²) in [5.74, 6) is 1.71. The van der Waals surface area contributed by atoms with E-state index in [0.717, 1.165) is 31.2 Å². The van der Waals surface area contributed by atoms with E-state index in [1.807, 2.05) is 4.90 Å². The molecule has 3 heterocycles. The van der Waals surface area contributed by atoms with Gasteiger partial charge in [0.15, 0.2) is 5.76 Å². The minimum absolute atomic E-state index is 0.151. The number of nitriles is 1. The maximum Gasteiger partial charge on any atom is 0.283 e. The molecule has 0 saturated heterocycles. The number of furan rings is 1. The van der Waals surface area contributed by atoms with Crippen LogP contribution in [0.3, 0.4) is 0 Å². The molecule has 3 aromatic rings. The molecular formula is C22H25N5O3S. The third kappa shape index (κ3) is 4.86. The Morgan fingerprint density at radius 3 is 3.06 bits per heavy atom. The third-order valence-electron chi connectivity index (χ3n) is 5.34. The van der Waals surface area contributed by atoms with Crippen LogP contribution in [0.4, 0.5) is 5.00 Å². The van der Waals surface area contributed by atoms with Crippen molar-refractivity contribution in [1.82, 2.24) is 15.1 Å². The molecule has 0 radical (unpaired) electrons. The van der Waals surface area contributed by atoms with Crippen molar-refractivity contribution in [2.75, 3.05) is 18.4 Å². The summed E-state index contributed by atoms with van der Waals surface area (Å²) >= 11 is 1.54. The lowest BCUT2D eigenvalue weighted by atomic mass is 9.89. The summed E-state index contributed by atoms with van der Waals surface area (Å²) in [7, 11) is 0. The lowest BCUT2D eigenvalue weighted by Crippen LogP contribution is -2.33. The Bertz CT molecular complexity index is 1080. The van der Waals surface area contributed by atoms with Crippen LogP contribution >= 0.6 is 11.3 Å². The lowest BCUT2D eigenvalue weighted by Gasteiger charge is -2.18. The van der Waals surface area contributed by atoms with Crippen molar-refractivity contribution in [1.29, 1.82) is 5.26 Å². The van der Waals surface area contributed by atoms with Crippen LogP contribution in [0.25, 0.3) is 11.7 Å². The van der Waals surface area contributed by atoms with Gasteiger partial charge in [0.2, 0.25) is 11.8 Å². The van der Waals surface area contributed by atoms with Crippen molar-refractivity contribution < 1.29 is 13.6 Å². The fraction of sp³-hybridized carbons (Fsp3) is 0.455. The number of aromatic nitrogens is 2. The van der Waals surface area contributed by atoms with Gasteiger partial charge < -0.3 is 14.2 Å². The van der Waals surface area contributed by atoms with Crippen molar-refractivity contribution in [3.63, 3.8) is 0 Å². The molecule has 4 rings (SSSR count). The first-order valence-corrected chi connectivity index (χ1v) is 11.3. The van der Waals surface area contributed by atoms with E-state index >= 15 is 0 Å². The van der Waals surface area contributed by atoms with Crippen LogP contribution in [0.5, 0.6) is 0 Å². The number of carbonyl (C=O) groups is 1. The minimum atomic E-state index is -0.151. The highest BCUT2D eigenvalue weighted by molar-refractivity contribution is 7.16. The average molecular weight is 440 g/mol. The van der Waals surface area contributed by atoms with E-state index in [0.29, 0.717) is 47.1 Å². The largest absolute Gasteiger partial charge is 0.459 e. The first-order chi connectivity index (χ1) is 15.1. The van der Waals surface area contributed by atoms with Crippen LogP contribution < -0.4 is 5.32 Å². The third-order valence-corrected chi connectivity index (χ3v) is 6.51. The number of amides is 1. The number of rotatable bonds is 8. The standard InChI is InChI=1S/C22H25N5O3S/c1-3-8-27(13-20-25-26-21(30-20)17-5-4-9-29-17)12-19(28)24-22-16(11-23)15-7-6-14(2)10-18(15)31-22/h4-5,9,14H,3,6-8,10,12-13H2,1-2H3,(H,24,28)/t14-/m1/s1. The zero-order chi connectivity index (χ0) is 21.8. The highest BCUT2D eigenvalue weighted by Crippen LogP contribution is 2.39. The van der Waals surface area contributed by atoms with Gasteiger partial charge in [-0.05, 0) is 55.8 Å². The number of nitrogens with one attached hydrogen (secondary N) is 1. The molecule has 9 heteroatoms. The summed E-state index contributed by atoms with van der Waals surface area (Å²) in [5.41, 5.74) is 1.74. The molecule has 0 unspecified atom stereocenters. The van der Waals surface area contributed by atoms with Gasteiger partial charge >= 0.3 is 0 Å². The second-order valence-electron chi connectivity index (χ2n) is 7.90. The summed E-state index contributed by atoms with van der Waals surface area (Å²) in [5, 5.41) is 21.4. The first-order valence-electron chi connectivity index (χ1n) is 10.5. The van der Waals surface area contributed by atoms with Crippen molar-refractivity contribution in [2.45, 2.75) is 46.1 Å². The molecule has 0 aliphatic heterocycles. The molecule has 8 nitrogen and oxygen atoms in total. The van der Waals surface area contributed by atoms with Crippen molar-refractivity contribution in [3.8, 4) is 17.7 Å². The van der Waals surface area contributed by atoms with E-state index in [1.54, 1.807) is 29.7 Å². The molecular weight excluding hydrogens is 414 g/mol. The van der Waals surface area contributed by atoms with Gasteiger partial charge in [-0.2, -0.15) is 5.26 Å². The molecule has 3 aromatic heterocycles. The van der Waals surface area contributed by atoms with Crippen molar-refractivity contribution >= 4 is 22.2 Å². The predicted molar refractivity (Wildman–Crippen MR) is 116 cm³/mol. The van der Waals surface area contributed by atoms with E-state index in [4.69, 9.17) is 8.83 Å². The molecule has 162 valence electrons. The molecule has 1 amide bonds. The van der Waals surface area contributed by atoms with E-state index < -0.39 is 0 Å². The SMILES string of the molecule is CCCN(CC(=O)Nc1sc2c(c1C#N)CC[C@@H](C)C2)Cc1nnc(-c2ccco2)o1. The summed E-state index contributed by atoms with van der Waals surface area (Å²) < 4.78 is 11.0. The summed E-state index contributed by atoms with van der Waals surface area (Å²) in [6.07, 6.45) is 5.39. The van der Waals surface area contributed by atoms with Crippen LogP contribution in [0.1, 0.15) is 48.6 Å². The lowest BCUT2D eigenvalue weighted by molar-refractivity contribution is -0.117. The van der Waals surface area contributed by atoms with Gasteiger partial charge in [-0.3, -0.25) is 9.69 Å². The average Bonchev–Trinajstić information content (AvgIpc) is 3.47. The summed E-state index contributed by atoms with van der Waals surface area (Å²) in [6.45, 7) is 5.52. The Balaban J connectivity index is 1.42. The number of nitrogens with zero attached hydrogens (tertiary/aromatic N) is 4. The van der Waals surface area contributed by atoms with Gasteiger partial charge in [0.25, 0.3) is 5.89 Å². The van der Waals surface area contributed by atoms with Crippen molar-refractivity contribution in [2.24, 2.45) is 5.92 Å². The van der Waals surface area contributed by atoms with E-state index in [2.05, 4.69) is 35.4 Å². The topological polar surface area (TPSA) is 108 Å². The van der Waals surface area contributed by atoms with Gasteiger partial charge in [0, 0.05) is 4.88 Å². The number of carbonyl (C=O) groups excluding carboxylic acids is 1. The van der Waals surface area contributed by atoms with Crippen LogP contribution in [0, 0.1) is 17.2 Å². The maximum atomic E-state index is 12.8. The molecule has 0 spiro atoms. The minimum Gasteiger partial charge on any atom is -0.459 e. The zero-order valence-corrected chi connectivity index (χ0v) is 18.5. The maximum absolute atomic E-state index is 12.8. The fourth-order valence-corrected chi connectivity index (χ4v) is 5.24. The predicted octanol–water partition coefficient (Wildman–Crippen LogP) is 4.24. The van der Waals surface area contributed by atoms with Gasteiger partial charge in [-0.25, -0.2) is 0 Å². The highest BCUT2D eigenvalue weighted by atomic mass is 32.1. The van der Waals surface area contributed by atoms with Gasteiger partial charge in [-0.1, -0.05) is 13.8 Å². The van der Waals surface area contributed by atoms with Crippen LogP contribution in [-0.2, 0) is 24.2 Å². The normalized spacial score (nSPS) is 15.6. The second-order valence-corrected chi connectivity index (χ2v) is 9.01. The number of hydrogen-bond donors (Lipinski definition) is 1. The smallest absolute Gasteiger partial charge is 0.283 e. The molecule has 1 aliphatic carbocycles. The Kier molecular flexibility index (Phi) is 6.49. The first kappa shape index (κ1) is 21.3. The molecule has 1 atom stereocenters. The number of thiophene rings is 1. The highest BCUT2D eigenvalue weighted by Gasteiger charge is 2.25. The Morgan fingerprint density at radius 2 is 2.32 bits per heavy atom. The summed E-state index contributed by atoms with van der Waals surface area (Å²) in [6, 6.07) is 5.81. The molecule has 0 bridgehead atoms. The number of hydrogen-bond acceptors (Lipinski definition) is 8. The Labute approximate surface area is 184 Å². The van der Waals surface area contributed by atoms with Crippen LogP contribution in [0.2, 0.25) is 0 Å². The fourth-order valence-electron chi connectivity index (χ4n) is 3.87. The van der Waals surface area contributed by atoms with Crippen molar-refractivity contribution in [3.05, 3.63) is 40.3 Å². The van der Waals surface area contributed by atoms with Gasteiger partial charge in [0.1, 0.15) is 11.1 Å². The molecule has 1 aliphatic rings. The van der Waals surface area contributed by atoms with Crippen LogP contribution in [0.15, 0.2) is 27.2 Å².